The normalized spacial score (nSPS) is 14.6. The zero-order chi connectivity index (χ0) is 14.5. The molecule has 0 spiro atoms. The van der Waals surface area contributed by atoms with Crippen molar-refractivity contribution in [3.63, 3.8) is 0 Å². The van der Waals surface area contributed by atoms with E-state index in [-0.39, 0.29) is 11.5 Å². The number of carboxylic acids is 1. The first kappa shape index (κ1) is 14.8. The second-order valence-electron chi connectivity index (χ2n) is 4.83. The molecule has 0 heterocycles. The lowest BCUT2D eigenvalue weighted by Crippen LogP contribution is -2.13. The van der Waals surface area contributed by atoms with Gasteiger partial charge in [-0.25, -0.2) is 4.79 Å². The van der Waals surface area contributed by atoms with Gasteiger partial charge in [0.05, 0.1) is 5.56 Å². The topological polar surface area (TPSA) is 66.4 Å². The summed E-state index contributed by atoms with van der Waals surface area (Å²) in [7, 11) is 0. The Balaban J connectivity index is 2.02. The van der Waals surface area contributed by atoms with Crippen molar-refractivity contribution in [2.75, 3.05) is 5.32 Å². The minimum absolute atomic E-state index is 0.100. The van der Waals surface area contributed by atoms with Crippen LogP contribution in [0.5, 0.6) is 0 Å². The highest BCUT2D eigenvalue weighted by molar-refractivity contribution is 9.10. The number of hydrogen-bond acceptors (Lipinski definition) is 2. The first-order chi connectivity index (χ1) is 9.56. The maximum absolute atomic E-state index is 11.9. The molecule has 1 aliphatic rings. The molecule has 0 saturated heterocycles. The van der Waals surface area contributed by atoms with E-state index in [0.717, 1.165) is 19.3 Å². The SMILES string of the molecule is O=C(CC1=CCCCC1)Nc1ccc(Br)c(C(=O)O)c1. The number of benzene rings is 1. The molecular weight excluding hydrogens is 322 g/mol. The summed E-state index contributed by atoms with van der Waals surface area (Å²) in [6.07, 6.45) is 6.88. The van der Waals surface area contributed by atoms with Crippen LogP contribution in [0.3, 0.4) is 0 Å². The second-order valence-corrected chi connectivity index (χ2v) is 5.69. The van der Waals surface area contributed by atoms with Crippen molar-refractivity contribution in [1.82, 2.24) is 0 Å². The monoisotopic (exact) mass is 337 g/mol. The molecule has 106 valence electrons. The fraction of sp³-hybridized carbons (Fsp3) is 0.333. The molecule has 2 N–H and O–H groups in total. The quantitative estimate of drug-likeness (QED) is 0.816. The maximum Gasteiger partial charge on any atom is 0.336 e. The standard InChI is InChI=1S/C15H16BrNO3/c16-13-7-6-11(9-12(13)15(19)20)17-14(18)8-10-4-2-1-3-5-10/h4,6-7,9H,1-3,5,8H2,(H,17,18)(H,19,20). The van der Waals surface area contributed by atoms with E-state index in [4.69, 9.17) is 5.11 Å². The Kier molecular flexibility index (Phi) is 4.95. The van der Waals surface area contributed by atoms with E-state index in [9.17, 15) is 9.59 Å². The van der Waals surface area contributed by atoms with Crippen LogP contribution in [0.25, 0.3) is 0 Å². The molecule has 1 aliphatic carbocycles. The largest absolute Gasteiger partial charge is 0.478 e. The number of aromatic carboxylic acids is 1. The van der Waals surface area contributed by atoms with E-state index in [0.29, 0.717) is 16.6 Å². The zero-order valence-corrected chi connectivity index (χ0v) is 12.6. The van der Waals surface area contributed by atoms with Crippen LogP contribution in [0.1, 0.15) is 42.5 Å². The number of carbonyl (C=O) groups is 2. The number of carbonyl (C=O) groups excluding carboxylic acids is 1. The lowest BCUT2D eigenvalue weighted by atomic mass is 9.97. The summed E-state index contributed by atoms with van der Waals surface area (Å²) in [6, 6.07) is 4.77. The van der Waals surface area contributed by atoms with Crippen molar-refractivity contribution >= 4 is 33.5 Å². The van der Waals surface area contributed by atoms with Gasteiger partial charge in [-0.3, -0.25) is 4.79 Å². The Morgan fingerprint density at radius 1 is 1.30 bits per heavy atom. The van der Waals surface area contributed by atoms with Gasteiger partial charge in [-0.15, -0.1) is 0 Å². The zero-order valence-electron chi connectivity index (χ0n) is 11.0. The van der Waals surface area contributed by atoms with Crippen molar-refractivity contribution in [3.8, 4) is 0 Å². The molecule has 0 fully saturated rings. The number of amides is 1. The van der Waals surface area contributed by atoms with Gasteiger partial charge in [-0.05, 0) is 59.8 Å². The Bertz CT molecular complexity index is 566. The second kappa shape index (κ2) is 6.70. The number of halogens is 1. The summed E-state index contributed by atoms with van der Waals surface area (Å²) in [5, 5.41) is 11.8. The number of hydrogen-bond donors (Lipinski definition) is 2. The number of anilines is 1. The molecule has 2 rings (SSSR count). The van der Waals surface area contributed by atoms with Crippen LogP contribution in [0, 0.1) is 0 Å². The van der Waals surface area contributed by atoms with E-state index in [2.05, 4.69) is 27.3 Å². The molecule has 1 aromatic rings. The number of carboxylic acid groups (broad SMARTS) is 1. The van der Waals surface area contributed by atoms with E-state index >= 15 is 0 Å². The molecule has 1 amide bonds. The summed E-state index contributed by atoms with van der Waals surface area (Å²) in [6.45, 7) is 0. The van der Waals surface area contributed by atoms with Crippen LogP contribution in [-0.2, 0) is 4.79 Å². The predicted molar refractivity (Wildman–Crippen MR) is 80.9 cm³/mol. The molecule has 1 aromatic carbocycles. The fourth-order valence-electron chi connectivity index (χ4n) is 2.24. The average molecular weight is 338 g/mol. The minimum atomic E-state index is -1.03. The highest BCUT2D eigenvalue weighted by atomic mass is 79.9. The third-order valence-corrected chi connectivity index (χ3v) is 3.94. The maximum atomic E-state index is 11.9. The van der Waals surface area contributed by atoms with Gasteiger partial charge in [0, 0.05) is 16.6 Å². The fourth-order valence-corrected chi connectivity index (χ4v) is 2.66. The molecule has 20 heavy (non-hydrogen) atoms. The van der Waals surface area contributed by atoms with Gasteiger partial charge in [0.1, 0.15) is 0 Å². The smallest absolute Gasteiger partial charge is 0.336 e. The average Bonchev–Trinajstić information content (AvgIpc) is 2.41. The Morgan fingerprint density at radius 2 is 2.10 bits per heavy atom. The summed E-state index contributed by atoms with van der Waals surface area (Å²) >= 11 is 3.17. The van der Waals surface area contributed by atoms with E-state index < -0.39 is 5.97 Å². The summed E-state index contributed by atoms with van der Waals surface area (Å²) in [5.74, 6) is -1.13. The van der Waals surface area contributed by atoms with E-state index in [1.807, 2.05) is 0 Å². The molecule has 4 nitrogen and oxygen atoms in total. The van der Waals surface area contributed by atoms with Crippen LogP contribution in [0.2, 0.25) is 0 Å². The van der Waals surface area contributed by atoms with Crippen LogP contribution in [-0.4, -0.2) is 17.0 Å². The number of nitrogens with one attached hydrogen (secondary N) is 1. The van der Waals surface area contributed by atoms with Gasteiger partial charge < -0.3 is 10.4 Å². The third-order valence-electron chi connectivity index (χ3n) is 3.25. The van der Waals surface area contributed by atoms with Crippen molar-refractivity contribution < 1.29 is 14.7 Å². The Hall–Kier alpha value is -1.62. The van der Waals surface area contributed by atoms with Crippen molar-refractivity contribution in [3.05, 3.63) is 39.9 Å². The van der Waals surface area contributed by atoms with Gasteiger partial charge in [0.2, 0.25) is 5.91 Å². The molecule has 0 aromatic heterocycles. The van der Waals surface area contributed by atoms with Crippen LogP contribution < -0.4 is 5.32 Å². The lowest BCUT2D eigenvalue weighted by Gasteiger charge is -2.13. The highest BCUT2D eigenvalue weighted by Gasteiger charge is 2.12. The molecule has 0 saturated carbocycles. The van der Waals surface area contributed by atoms with Gasteiger partial charge >= 0.3 is 5.97 Å². The highest BCUT2D eigenvalue weighted by Crippen LogP contribution is 2.23. The van der Waals surface area contributed by atoms with Gasteiger partial charge in [-0.1, -0.05) is 11.6 Å². The molecule has 0 unspecified atom stereocenters. The molecule has 0 bridgehead atoms. The molecule has 5 heteroatoms. The summed E-state index contributed by atoms with van der Waals surface area (Å²) < 4.78 is 0.498. The number of allylic oxidation sites excluding steroid dienone is 1. The molecule has 0 aliphatic heterocycles. The van der Waals surface area contributed by atoms with Crippen LogP contribution >= 0.6 is 15.9 Å². The van der Waals surface area contributed by atoms with Crippen LogP contribution in [0.15, 0.2) is 34.3 Å². The Labute approximate surface area is 126 Å². The summed E-state index contributed by atoms with van der Waals surface area (Å²) in [4.78, 5) is 23.0. The Morgan fingerprint density at radius 3 is 2.75 bits per heavy atom. The first-order valence-corrected chi connectivity index (χ1v) is 7.36. The lowest BCUT2D eigenvalue weighted by molar-refractivity contribution is -0.115. The van der Waals surface area contributed by atoms with Crippen molar-refractivity contribution in [1.29, 1.82) is 0 Å². The van der Waals surface area contributed by atoms with Crippen molar-refractivity contribution in [2.24, 2.45) is 0 Å². The van der Waals surface area contributed by atoms with Crippen LogP contribution in [0.4, 0.5) is 5.69 Å². The predicted octanol–water partition coefficient (Wildman–Crippen LogP) is 3.98. The summed E-state index contributed by atoms with van der Waals surface area (Å²) in [5.41, 5.74) is 1.82. The minimum Gasteiger partial charge on any atom is -0.478 e. The van der Waals surface area contributed by atoms with Gasteiger partial charge in [0.15, 0.2) is 0 Å². The molecule has 0 radical (unpaired) electrons. The molecular formula is C15H16BrNO3. The van der Waals surface area contributed by atoms with E-state index in [1.54, 1.807) is 12.1 Å². The molecule has 0 atom stereocenters. The van der Waals surface area contributed by atoms with Crippen molar-refractivity contribution in [2.45, 2.75) is 32.1 Å². The van der Waals surface area contributed by atoms with E-state index in [1.165, 1.54) is 18.1 Å². The first-order valence-electron chi connectivity index (χ1n) is 6.57. The van der Waals surface area contributed by atoms with Gasteiger partial charge in [-0.2, -0.15) is 0 Å². The third kappa shape index (κ3) is 3.93. The van der Waals surface area contributed by atoms with Gasteiger partial charge in [0.25, 0.3) is 0 Å². The number of rotatable bonds is 4.